The molecule has 14 aromatic rings. The van der Waals surface area contributed by atoms with Crippen LogP contribution >= 0.6 is 0 Å². The number of nitrogens with zero attached hydrogens (tertiary/aromatic N) is 2. The van der Waals surface area contributed by atoms with Crippen molar-refractivity contribution in [1.29, 1.82) is 0 Å². The van der Waals surface area contributed by atoms with Crippen molar-refractivity contribution >= 4 is 93.1 Å². The van der Waals surface area contributed by atoms with Gasteiger partial charge in [-0.1, -0.05) is 178 Å². The molecule has 3 heteroatoms. The molecule has 12 aromatic carbocycles. The maximum atomic E-state index is 6.76. The van der Waals surface area contributed by atoms with Crippen LogP contribution in [0.1, 0.15) is 25.0 Å². The minimum absolute atomic E-state index is 0.0721. The van der Waals surface area contributed by atoms with Gasteiger partial charge in [-0.3, -0.25) is 0 Å². The predicted molar refractivity (Wildman–Crippen MR) is 304 cm³/mol. The molecule has 15 rings (SSSR count). The van der Waals surface area contributed by atoms with Crippen molar-refractivity contribution in [3.63, 3.8) is 0 Å². The van der Waals surface area contributed by atoms with Crippen LogP contribution < -0.4 is 4.90 Å². The van der Waals surface area contributed by atoms with Crippen LogP contribution in [-0.2, 0) is 5.41 Å². The fourth-order valence-electron chi connectivity index (χ4n) is 12.3. The molecule has 0 amide bonds. The van der Waals surface area contributed by atoms with Crippen molar-refractivity contribution in [1.82, 2.24) is 4.57 Å². The van der Waals surface area contributed by atoms with Crippen LogP contribution in [0.15, 0.2) is 247 Å². The minimum atomic E-state index is -0.0721. The summed E-state index contributed by atoms with van der Waals surface area (Å²) in [5.41, 5.74) is 18.5. The molecule has 72 heavy (non-hydrogen) atoms. The first-order valence-electron chi connectivity index (χ1n) is 25.0. The lowest BCUT2D eigenvalue weighted by Crippen LogP contribution is -2.14. The molecule has 338 valence electrons. The van der Waals surface area contributed by atoms with E-state index in [1.165, 1.54) is 93.1 Å². The summed E-state index contributed by atoms with van der Waals surface area (Å²) >= 11 is 0. The van der Waals surface area contributed by atoms with Gasteiger partial charge in [0.25, 0.3) is 0 Å². The molecule has 0 fully saturated rings. The number of anilines is 3. The molecular formula is C69H46N2O. The molecule has 0 radical (unpaired) electrons. The van der Waals surface area contributed by atoms with Crippen molar-refractivity contribution in [3.05, 3.63) is 254 Å². The molecule has 0 saturated heterocycles. The van der Waals surface area contributed by atoms with Gasteiger partial charge in [-0.2, -0.15) is 0 Å². The summed E-state index contributed by atoms with van der Waals surface area (Å²) in [5.74, 6) is 0. The maximum absolute atomic E-state index is 6.76. The summed E-state index contributed by atoms with van der Waals surface area (Å²) in [4.78, 5) is 2.37. The fraction of sp³-hybridized carbons (Fsp3) is 0.0435. The van der Waals surface area contributed by atoms with Crippen molar-refractivity contribution in [3.8, 4) is 39.1 Å². The number of hydrogen-bond donors (Lipinski definition) is 0. The lowest BCUT2D eigenvalue weighted by molar-refractivity contribution is 0.660. The van der Waals surface area contributed by atoms with Crippen LogP contribution in [0.25, 0.3) is 115 Å². The molecule has 3 nitrogen and oxygen atoms in total. The second-order valence-electron chi connectivity index (χ2n) is 20.0. The summed E-state index contributed by atoms with van der Waals surface area (Å²) in [6, 6.07) is 89.2. The van der Waals surface area contributed by atoms with Crippen molar-refractivity contribution in [2.75, 3.05) is 4.90 Å². The lowest BCUT2D eigenvalue weighted by atomic mass is 9.81. The van der Waals surface area contributed by atoms with Crippen molar-refractivity contribution in [2.24, 2.45) is 0 Å². The number of fused-ring (bicyclic) bond motifs is 15. The number of rotatable bonds is 6. The Balaban J connectivity index is 0.883. The zero-order chi connectivity index (χ0) is 47.7. The lowest BCUT2D eigenvalue weighted by Gasteiger charge is -2.26. The Bertz CT molecular complexity index is 4500. The Morgan fingerprint density at radius 2 is 0.875 bits per heavy atom. The van der Waals surface area contributed by atoms with Gasteiger partial charge < -0.3 is 13.9 Å². The van der Waals surface area contributed by atoms with Gasteiger partial charge in [0.05, 0.1) is 16.7 Å². The SMILES string of the molecule is CC1(C)c2ccccc2-c2ccc(-c3ccc4c(c3)c3cc(-c5ccc(N(c6ccc7c8ccccc8c8ccccc8c7c6)c6cccc7c6oc6ccccc67)cc5)ccc3n4-c3ccccc3)cc21. The number of benzene rings is 12. The van der Waals surface area contributed by atoms with Crippen LogP contribution in [-0.4, -0.2) is 4.57 Å². The quantitative estimate of drug-likeness (QED) is 0.155. The average Bonchev–Trinajstić information content (AvgIpc) is 4.06. The molecule has 2 heterocycles. The molecule has 0 spiro atoms. The highest BCUT2D eigenvalue weighted by Crippen LogP contribution is 2.50. The van der Waals surface area contributed by atoms with Crippen LogP contribution in [0, 0.1) is 0 Å². The van der Waals surface area contributed by atoms with Gasteiger partial charge >= 0.3 is 0 Å². The summed E-state index contributed by atoms with van der Waals surface area (Å²) in [7, 11) is 0. The standard InChI is InChI=1S/C69H46N2O/c1-69(2)62-24-12-10-21-55(62)56-35-29-46(41-63(56)69)45-31-38-65-61(40-45)60-39-44(30-37-64(60)71(65)47-15-4-3-5-16-47)43-27-32-48(33-28-43)70(66-25-14-23-58-57-22-11-13-26-67(57)72-68(58)66)49-34-36-54-52-19-7-6-17-50(52)51-18-8-9-20-53(51)59(54)42-49/h3-42H,1-2H3. The number of para-hydroxylation sites is 3. The van der Waals surface area contributed by atoms with Gasteiger partial charge in [0.15, 0.2) is 5.58 Å². The molecule has 0 saturated carbocycles. The van der Waals surface area contributed by atoms with Gasteiger partial charge in [-0.15, -0.1) is 0 Å². The third-order valence-corrected chi connectivity index (χ3v) is 15.8. The van der Waals surface area contributed by atoms with Gasteiger partial charge in [-0.05, 0) is 156 Å². The molecular weight excluding hydrogens is 873 g/mol. The topological polar surface area (TPSA) is 21.3 Å². The average molecular weight is 919 g/mol. The molecule has 0 aliphatic heterocycles. The number of hydrogen-bond acceptors (Lipinski definition) is 2. The molecule has 1 aliphatic carbocycles. The van der Waals surface area contributed by atoms with E-state index in [-0.39, 0.29) is 5.41 Å². The van der Waals surface area contributed by atoms with E-state index in [9.17, 15) is 0 Å². The second kappa shape index (κ2) is 15.4. The highest BCUT2D eigenvalue weighted by Gasteiger charge is 2.35. The Labute approximate surface area is 417 Å². The monoisotopic (exact) mass is 918 g/mol. The maximum Gasteiger partial charge on any atom is 0.159 e. The predicted octanol–water partition coefficient (Wildman–Crippen LogP) is 19.3. The van der Waals surface area contributed by atoms with E-state index in [0.29, 0.717) is 0 Å². The van der Waals surface area contributed by atoms with Crippen molar-refractivity contribution in [2.45, 2.75) is 19.3 Å². The Kier molecular flexibility index (Phi) is 8.71. The normalized spacial score (nSPS) is 13.0. The summed E-state index contributed by atoms with van der Waals surface area (Å²) < 4.78 is 9.17. The zero-order valence-corrected chi connectivity index (χ0v) is 39.9. The minimum Gasteiger partial charge on any atom is -0.454 e. The summed E-state index contributed by atoms with van der Waals surface area (Å²) in [6.07, 6.45) is 0. The summed E-state index contributed by atoms with van der Waals surface area (Å²) in [5, 5.41) is 12.1. The van der Waals surface area contributed by atoms with Gasteiger partial charge in [0.2, 0.25) is 0 Å². The Morgan fingerprint density at radius 3 is 1.60 bits per heavy atom. The first-order valence-corrected chi connectivity index (χ1v) is 25.0. The highest BCUT2D eigenvalue weighted by atomic mass is 16.3. The smallest absolute Gasteiger partial charge is 0.159 e. The van der Waals surface area contributed by atoms with E-state index < -0.39 is 0 Å². The van der Waals surface area contributed by atoms with Crippen molar-refractivity contribution < 1.29 is 4.42 Å². The third kappa shape index (κ3) is 5.98. The second-order valence-corrected chi connectivity index (χ2v) is 20.0. The van der Waals surface area contributed by atoms with Gasteiger partial charge in [-0.25, -0.2) is 0 Å². The zero-order valence-electron chi connectivity index (χ0n) is 39.9. The van der Waals surface area contributed by atoms with E-state index in [1.54, 1.807) is 0 Å². The molecule has 0 unspecified atom stereocenters. The van der Waals surface area contributed by atoms with E-state index in [4.69, 9.17) is 4.42 Å². The van der Waals surface area contributed by atoms with Crippen LogP contribution in [0.2, 0.25) is 0 Å². The first-order chi connectivity index (χ1) is 35.5. The van der Waals surface area contributed by atoms with Crippen LogP contribution in [0.4, 0.5) is 17.1 Å². The molecule has 1 aliphatic rings. The number of furan rings is 1. The molecule has 0 N–H and O–H groups in total. The largest absolute Gasteiger partial charge is 0.454 e. The fourth-order valence-corrected chi connectivity index (χ4v) is 12.3. The molecule has 0 atom stereocenters. The molecule has 2 aromatic heterocycles. The Hall–Kier alpha value is -9.18. The highest BCUT2D eigenvalue weighted by molar-refractivity contribution is 6.26. The summed E-state index contributed by atoms with van der Waals surface area (Å²) in [6.45, 7) is 4.72. The van der Waals surface area contributed by atoms with Gasteiger partial charge in [0.1, 0.15) is 5.58 Å². The Morgan fingerprint density at radius 1 is 0.347 bits per heavy atom. The van der Waals surface area contributed by atoms with Gasteiger partial charge in [0, 0.05) is 44.0 Å². The first kappa shape index (κ1) is 40.7. The van der Waals surface area contributed by atoms with E-state index in [2.05, 4.69) is 260 Å². The van der Waals surface area contributed by atoms with Crippen LogP contribution in [0.5, 0.6) is 0 Å². The van der Waals surface area contributed by atoms with E-state index in [0.717, 1.165) is 50.3 Å². The van der Waals surface area contributed by atoms with E-state index >= 15 is 0 Å². The number of aromatic nitrogens is 1. The van der Waals surface area contributed by atoms with Crippen LogP contribution in [0.3, 0.4) is 0 Å². The third-order valence-electron chi connectivity index (χ3n) is 15.8. The molecule has 0 bridgehead atoms. The van der Waals surface area contributed by atoms with E-state index in [1.807, 2.05) is 6.07 Å².